The minimum absolute atomic E-state index is 0.0763. The summed E-state index contributed by atoms with van der Waals surface area (Å²) >= 11 is 6.09. The Morgan fingerprint density at radius 2 is 1.61 bits per heavy atom. The van der Waals surface area contributed by atoms with E-state index in [1.807, 2.05) is 30.5 Å². The Morgan fingerprint density at radius 3 is 2.49 bits per heavy atom. The molecule has 2 aliphatic carbocycles. The monoisotopic (exact) mass is 552 g/mol. The van der Waals surface area contributed by atoms with Crippen LogP contribution in [-0.2, 0) is 17.8 Å². The van der Waals surface area contributed by atoms with E-state index in [0.29, 0.717) is 12.5 Å². The van der Waals surface area contributed by atoms with Gasteiger partial charge in [-0.2, -0.15) is 0 Å². The number of hydrogen-bond donors (Lipinski definition) is 0. The van der Waals surface area contributed by atoms with Crippen molar-refractivity contribution < 1.29 is 4.74 Å². The van der Waals surface area contributed by atoms with Gasteiger partial charge in [-0.3, -0.25) is 4.99 Å². The second kappa shape index (κ2) is 9.71. The summed E-state index contributed by atoms with van der Waals surface area (Å²) < 4.78 is 6.34. The Bertz CT molecular complexity index is 2160. The molecule has 0 saturated heterocycles. The molecule has 0 aromatic heterocycles. The van der Waals surface area contributed by atoms with Gasteiger partial charge in [0.1, 0.15) is 12.3 Å². The lowest BCUT2D eigenvalue weighted by Crippen LogP contribution is -2.32. The van der Waals surface area contributed by atoms with Crippen molar-refractivity contribution in [3.63, 3.8) is 0 Å². The van der Waals surface area contributed by atoms with E-state index in [9.17, 15) is 0 Å². The predicted octanol–water partition coefficient (Wildman–Crippen LogP) is 5.38. The molecule has 3 nitrogen and oxygen atoms in total. The number of benzene rings is 4. The van der Waals surface area contributed by atoms with Crippen molar-refractivity contribution >= 4 is 35.0 Å². The Hall–Kier alpha value is -4.21. The number of ether oxygens (including phenoxy) is 1. The first-order chi connectivity index (χ1) is 20.2. The molecule has 4 aromatic carbocycles. The van der Waals surface area contributed by atoms with Crippen LogP contribution in [0.4, 0.5) is 0 Å². The van der Waals surface area contributed by atoms with Crippen LogP contribution in [0.2, 0.25) is 5.02 Å². The predicted molar refractivity (Wildman–Crippen MR) is 165 cm³/mol. The first kappa shape index (κ1) is 24.6. The molecule has 4 aliphatic rings. The molecular weight excluding hydrogens is 524 g/mol. The molecule has 2 atom stereocenters. The van der Waals surface area contributed by atoms with Crippen LogP contribution in [0, 0.1) is 10.4 Å². The highest BCUT2D eigenvalue weighted by molar-refractivity contribution is 6.30. The largest absolute Gasteiger partial charge is 0.485 e. The lowest BCUT2D eigenvalue weighted by molar-refractivity contribution is 0.216. The van der Waals surface area contributed by atoms with Gasteiger partial charge >= 0.3 is 0 Å². The Labute approximate surface area is 243 Å². The molecule has 0 bridgehead atoms. The number of allylic oxidation sites excluding steroid dienone is 1. The third-order valence-electron chi connectivity index (χ3n) is 8.88. The van der Waals surface area contributed by atoms with Crippen LogP contribution in [0.15, 0.2) is 106 Å². The van der Waals surface area contributed by atoms with Crippen LogP contribution in [-0.4, -0.2) is 12.3 Å². The number of hydrogen-bond acceptors (Lipinski definition) is 3. The topological polar surface area (TPSA) is 34.0 Å². The molecular formula is C37H29ClN2O. The SMILES string of the molecule is CC1C=c2ccccc2=c2ccc3c(c21)CCCC=3C1N=CC(OCc2ccc(Cl)cc2)=C2N=c3ccccc3=C21. The van der Waals surface area contributed by atoms with Crippen molar-refractivity contribution in [2.24, 2.45) is 9.98 Å². The minimum Gasteiger partial charge on any atom is -0.485 e. The molecule has 0 saturated carbocycles. The zero-order chi connectivity index (χ0) is 27.5. The Morgan fingerprint density at radius 1 is 0.829 bits per heavy atom. The van der Waals surface area contributed by atoms with E-state index in [2.05, 4.69) is 73.7 Å². The Balaban J connectivity index is 1.30. The molecule has 0 N–H and O–H groups in total. The number of nitrogens with zero attached hydrogens (tertiary/aromatic N) is 2. The molecule has 2 heterocycles. The minimum atomic E-state index is -0.0763. The van der Waals surface area contributed by atoms with Crippen LogP contribution in [0.1, 0.15) is 42.4 Å². The summed E-state index contributed by atoms with van der Waals surface area (Å²) in [5.74, 6) is 1.10. The van der Waals surface area contributed by atoms with Gasteiger partial charge in [0, 0.05) is 21.7 Å². The van der Waals surface area contributed by atoms with Crippen molar-refractivity contribution in [2.45, 2.75) is 44.8 Å². The normalized spacial score (nSPS) is 19.9. The molecule has 8 rings (SSSR count). The highest BCUT2D eigenvalue weighted by Crippen LogP contribution is 2.36. The molecule has 0 fully saturated rings. The van der Waals surface area contributed by atoms with E-state index in [4.69, 9.17) is 26.3 Å². The van der Waals surface area contributed by atoms with Gasteiger partial charge in [0.05, 0.1) is 17.6 Å². The zero-order valence-electron chi connectivity index (χ0n) is 22.9. The number of halogens is 1. The first-order valence-corrected chi connectivity index (χ1v) is 14.8. The van der Waals surface area contributed by atoms with Crippen molar-refractivity contribution in [2.75, 3.05) is 0 Å². The third kappa shape index (κ3) is 4.02. The third-order valence-corrected chi connectivity index (χ3v) is 9.13. The van der Waals surface area contributed by atoms with E-state index in [0.717, 1.165) is 51.9 Å². The quantitative estimate of drug-likeness (QED) is 0.335. The molecule has 0 amide bonds. The summed E-state index contributed by atoms with van der Waals surface area (Å²) in [5, 5.41) is 8.31. The number of aliphatic imine (C=N–C) groups is 1. The number of para-hydroxylation sites is 1. The van der Waals surface area contributed by atoms with Crippen LogP contribution >= 0.6 is 11.6 Å². The van der Waals surface area contributed by atoms with Crippen LogP contribution in [0.5, 0.6) is 0 Å². The molecule has 0 spiro atoms. The zero-order valence-corrected chi connectivity index (χ0v) is 23.7. The number of dihydropyridines is 1. The van der Waals surface area contributed by atoms with E-state index in [1.54, 1.807) is 0 Å². The molecule has 0 radical (unpaired) electrons. The highest BCUT2D eigenvalue weighted by Gasteiger charge is 2.33. The highest BCUT2D eigenvalue weighted by atomic mass is 35.5. The van der Waals surface area contributed by atoms with Crippen LogP contribution < -0.4 is 21.0 Å². The van der Waals surface area contributed by atoms with Crippen molar-refractivity contribution in [1.82, 2.24) is 0 Å². The standard InChI is InChI=1S/C37H29ClN2O/c1-22-19-24-7-2-3-8-26(24)29-18-17-27-28(34(22)29)10-6-11-30(27)36-35-31-9-4-5-12-32(31)40-37(35)33(20-39-36)41-21-23-13-15-25(38)16-14-23/h2-5,7-9,12-20,22,36H,6,10-11,21H2,1H3. The smallest absolute Gasteiger partial charge is 0.163 e. The summed E-state index contributed by atoms with van der Waals surface area (Å²) in [5.41, 5.74) is 7.52. The lowest BCUT2D eigenvalue weighted by atomic mass is 9.79. The molecule has 4 heteroatoms. The van der Waals surface area contributed by atoms with E-state index in [1.165, 1.54) is 43.1 Å². The van der Waals surface area contributed by atoms with E-state index >= 15 is 0 Å². The van der Waals surface area contributed by atoms with Gasteiger partial charge in [-0.05, 0) is 80.6 Å². The van der Waals surface area contributed by atoms with Gasteiger partial charge in [0.2, 0.25) is 0 Å². The fourth-order valence-corrected chi connectivity index (χ4v) is 7.19. The first-order valence-electron chi connectivity index (χ1n) is 14.4. The number of fused-ring (bicyclic) bond motifs is 6. The van der Waals surface area contributed by atoms with Gasteiger partial charge in [-0.1, -0.05) is 91.3 Å². The van der Waals surface area contributed by atoms with Crippen LogP contribution in [0.3, 0.4) is 0 Å². The molecule has 2 aliphatic heterocycles. The van der Waals surface area contributed by atoms with Crippen molar-refractivity contribution in [3.05, 3.63) is 150 Å². The number of rotatable bonds is 4. The van der Waals surface area contributed by atoms with Gasteiger partial charge < -0.3 is 4.74 Å². The van der Waals surface area contributed by atoms with Crippen molar-refractivity contribution in [1.29, 1.82) is 0 Å². The fourth-order valence-electron chi connectivity index (χ4n) is 7.07. The average Bonchev–Trinajstić information content (AvgIpc) is 3.40. The molecule has 200 valence electrons. The summed E-state index contributed by atoms with van der Waals surface area (Å²) in [6, 6.07) is 29.6. The van der Waals surface area contributed by atoms with E-state index in [-0.39, 0.29) is 6.04 Å². The second-order valence-corrected chi connectivity index (χ2v) is 11.8. The van der Waals surface area contributed by atoms with Gasteiger partial charge in [0.25, 0.3) is 0 Å². The lowest BCUT2D eigenvalue weighted by Gasteiger charge is -2.28. The van der Waals surface area contributed by atoms with Crippen LogP contribution in [0.25, 0.3) is 17.2 Å². The van der Waals surface area contributed by atoms with Gasteiger partial charge in [-0.15, -0.1) is 0 Å². The summed E-state index contributed by atoms with van der Waals surface area (Å²) in [4.78, 5) is 10.3. The second-order valence-electron chi connectivity index (χ2n) is 11.3. The maximum Gasteiger partial charge on any atom is 0.163 e. The maximum absolute atomic E-state index is 6.34. The Kier molecular flexibility index (Phi) is 5.82. The summed E-state index contributed by atoms with van der Waals surface area (Å²) in [7, 11) is 0. The average molecular weight is 553 g/mol. The molecule has 41 heavy (non-hydrogen) atoms. The fraction of sp³-hybridized carbons (Fsp3) is 0.189. The van der Waals surface area contributed by atoms with Gasteiger partial charge in [-0.25, -0.2) is 4.99 Å². The maximum atomic E-state index is 6.34. The summed E-state index contributed by atoms with van der Waals surface area (Å²) in [6.45, 7) is 2.78. The summed E-state index contributed by atoms with van der Waals surface area (Å²) in [6.07, 6.45) is 7.60. The van der Waals surface area contributed by atoms with Crippen molar-refractivity contribution in [3.8, 4) is 0 Å². The van der Waals surface area contributed by atoms with Gasteiger partial charge in [0.15, 0.2) is 5.76 Å². The van der Waals surface area contributed by atoms with E-state index < -0.39 is 0 Å². The molecule has 4 aromatic rings. The molecule has 2 unspecified atom stereocenters.